The first-order chi connectivity index (χ1) is 13.9. The highest BCUT2D eigenvalue weighted by molar-refractivity contribution is 5.90. The molecule has 2 aromatic rings. The van der Waals surface area contributed by atoms with E-state index >= 15 is 0 Å². The lowest BCUT2D eigenvalue weighted by Crippen LogP contribution is -2.30. The number of alkyl halides is 3. The molecule has 1 amide bonds. The summed E-state index contributed by atoms with van der Waals surface area (Å²) >= 11 is 0. The highest BCUT2D eigenvalue weighted by Gasteiger charge is 2.30. The second-order valence-electron chi connectivity index (χ2n) is 8.79. The third-order valence-corrected chi connectivity index (χ3v) is 4.82. The molecule has 3 rings (SSSR count). The Kier molecular flexibility index (Phi) is 6.06. The molecule has 8 heteroatoms. The summed E-state index contributed by atoms with van der Waals surface area (Å²) in [6, 6.07) is 6.31. The van der Waals surface area contributed by atoms with Crippen LogP contribution < -0.4 is 10.2 Å². The van der Waals surface area contributed by atoms with Crippen LogP contribution in [0.3, 0.4) is 0 Å². The lowest BCUT2D eigenvalue weighted by molar-refractivity contribution is -0.137. The number of fused-ring (bicyclic) bond motifs is 1. The second-order valence-corrected chi connectivity index (χ2v) is 8.79. The van der Waals surface area contributed by atoms with Crippen LogP contribution in [0.4, 0.5) is 29.1 Å². The molecule has 0 saturated carbocycles. The van der Waals surface area contributed by atoms with E-state index in [-0.39, 0.29) is 23.6 Å². The summed E-state index contributed by atoms with van der Waals surface area (Å²) in [7, 11) is 0. The van der Waals surface area contributed by atoms with Crippen LogP contribution in [0.5, 0.6) is 0 Å². The van der Waals surface area contributed by atoms with Crippen molar-refractivity contribution in [3.63, 3.8) is 0 Å². The highest BCUT2D eigenvalue weighted by Crippen LogP contribution is 2.32. The van der Waals surface area contributed by atoms with Crippen LogP contribution in [-0.4, -0.2) is 17.4 Å². The molecule has 0 bridgehead atoms. The van der Waals surface area contributed by atoms with Gasteiger partial charge in [0.2, 0.25) is 5.91 Å². The minimum absolute atomic E-state index is 0.0839. The standard InChI is InChI=1S/C22H25F4N3O/c1-21(2,3)12-19(30)28-20-16(23)11-18-17(27-20)5-4-10-29(18)13-14-6-8-15(9-7-14)22(24,25)26/h6-9,11H,4-5,10,12-13H2,1-3H3,(H,27,28,30). The van der Waals surface area contributed by atoms with Crippen LogP contribution in [0.2, 0.25) is 0 Å². The summed E-state index contributed by atoms with van der Waals surface area (Å²) in [6.07, 6.45) is -2.72. The maximum absolute atomic E-state index is 14.6. The van der Waals surface area contributed by atoms with Gasteiger partial charge < -0.3 is 10.2 Å². The molecule has 1 aliphatic heterocycles. The Labute approximate surface area is 173 Å². The number of carbonyl (C=O) groups excluding carboxylic acids is 1. The predicted molar refractivity (Wildman–Crippen MR) is 108 cm³/mol. The molecule has 0 unspecified atom stereocenters. The molecule has 1 aliphatic rings. The molecule has 30 heavy (non-hydrogen) atoms. The topological polar surface area (TPSA) is 45.2 Å². The number of benzene rings is 1. The number of rotatable bonds is 4. The summed E-state index contributed by atoms with van der Waals surface area (Å²) in [4.78, 5) is 18.4. The van der Waals surface area contributed by atoms with Gasteiger partial charge in [0.1, 0.15) is 0 Å². The van der Waals surface area contributed by atoms with Gasteiger partial charge in [0.25, 0.3) is 0 Å². The van der Waals surface area contributed by atoms with Crippen molar-refractivity contribution >= 4 is 17.4 Å². The number of nitrogens with one attached hydrogen (secondary N) is 1. The Morgan fingerprint density at radius 3 is 2.43 bits per heavy atom. The molecule has 0 spiro atoms. The monoisotopic (exact) mass is 423 g/mol. The number of amides is 1. The maximum Gasteiger partial charge on any atom is 0.416 e. The van der Waals surface area contributed by atoms with Crippen LogP contribution in [0, 0.1) is 11.2 Å². The SMILES string of the molecule is CC(C)(C)CC(=O)Nc1nc2c(cc1F)N(Cc1ccc(C(F)(F)F)cc1)CCC2. The molecule has 2 heterocycles. The van der Waals surface area contributed by atoms with E-state index in [0.717, 1.165) is 18.6 Å². The maximum atomic E-state index is 14.6. The Hall–Kier alpha value is -2.64. The number of halogens is 4. The van der Waals surface area contributed by atoms with Crippen molar-refractivity contribution in [3.8, 4) is 0 Å². The fourth-order valence-electron chi connectivity index (χ4n) is 3.46. The van der Waals surface area contributed by atoms with Crippen molar-refractivity contribution in [3.05, 3.63) is 53.0 Å². The predicted octanol–water partition coefficient (Wildman–Crippen LogP) is 5.57. The summed E-state index contributed by atoms with van der Waals surface area (Å²) in [5.74, 6) is -1.01. The van der Waals surface area contributed by atoms with Crippen LogP contribution >= 0.6 is 0 Å². The fraction of sp³-hybridized carbons (Fsp3) is 0.455. The van der Waals surface area contributed by atoms with E-state index in [1.165, 1.54) is 18.2 Å². The summed E-state index contributed by atoms with van der Waals surface area (Å²) in [5, 5.41) is 2.55. The lowest BCUT2D eigenvalue weighted by Gasteiger charge is -2.31. The average Bonchev–Trinajstić information content (AvgIpc) is 2.61. The molecule has 4 nitrogen and oxygen atoms in total. The summed E-state index contributed by atoms with van der Waals surface area (Å²) in [5.41, 5.74) is 1.04. The number of anilines is 2. The van der Waals surface area contributed by atoms with E-state index in [9.17, 15) is 22.4 Å². The fourth-order valence-corrected chi connectivity index (χ4v) is 3.46. The first-order valence-corrected chi connectivity index (χ1v) is 9.83. The first-order valence-electron chi connectivity index (χ1n) is 9.83. The van der Waals surface area contributed by atoms with Gasteiger partial charge in [-0.1, -0.05) is 32.9 Å². The summed E-state index contributed by atoms with van der Waals surface area (Å²) in [6.45, 7) is 6.75. The average molecular weight is 423 g/mol. The minimum atomic E-state index is -4.38. The molecular weight excluding hydrogens is 398 g/mol. The van der Waals surface area contributed by atoms with Crippen molar-refractivity contribution < 1.29 is 22.4 Å². The van der Waals surface area contributed by atoms with Gasteiger partial charge in [-0.2, -0.15) is 13.2 Å². The number of aryl methyl sites for hydroxylation is 1. The molecule has 0 atom stereocenters. The van der Waals surface area contributed by atoms with Crippen molar-refractivity contribution in [1.29, 1.82) is 0 Å². The third-order valence-electron chi connectivity index (χ3n) is 4.82. The smallest absolute Gasteiger partial charge is 0.366 e. The van der Waals surface area contributed by atoms with Gasteiger partial charge in [0, 0.05) is 25.6 Å². The van der Waals surface area contributed by atoms with Crippen molar-refractivity contribution in [1.82, 2.24) is 4.98 Å². The van der Waals surface area contributed by atoms with Crippen molar-refractivity contribution in [2.24, 2.45) is 5.41 Å². The zero-order chi connectivity index (χ0) is 22.1. The zero-order valence-corrected chi connectivity index (χ0v) is 17.2. The number of nitrogens with zero attached hydrogens (tertiary/aromatic N) is 2. The molecule has 0 fully saturated rings. The Bertz CT molecular complexity index is 918. The van der Waals surface area contributed by atoms with E-state index < -0.39 is 17.6 Å². The van der Waals surface area contributed by atoms with Crippen molar-refractivity contribution in [2.45, 2.75) is 52.8 Å². The molecule has 0 radical (unpaired) electrons. The Morgan fingerprint density at radius 2 is 1.83 bits per heavy atom. The van der Waals surface area contributed by atoms with Crippen LogP contribution in [0.1, 0.15) is 50.4 Å². The van der Waals surface area contributed by atoms with Crippen LogP contribution in [-0.2, 0) is 23.9 Å². The molecule has 0 aliphatic carbocycles. The largest absolute Gasteiger partial charge is 0.416 e. The van der Waals surface area contributed by atoms with E-state index in [1.54, 1.807) is 0 Å². The van der Waals surface area contributed by atoms with Gasteiger partial charge in [0.15, 0.2) is 11.6 Å². The van der Waals surface area contributed by atoms with Crippen LogP contribution in [0.25, 0.3) is 0 Å². The van der Waals surface area contributed by atoms with E-state index in [0.29, 0.717) is 36.5 Å². The first kappa shape index (κ1) is 22.1. The zero-order valence-electron chi connectivity index (χ0n) is 17.2. The minimum Gasteiger partial charge on any atom is -0.366 e. The molecule has 1 N–H and O–H groups in total. The summed E-state index contributed by atoms with van der Waals surface area (Å²) < 4.78 is 52.9. The van der Waals surface area contributed by atoms with E-state index in [1.807, 2.05) is 25.7 Å². The molecule has 162 valence electrons. The van der Waals surface area contributed by atoms with Gasteiger partial charge in [-0.25, -0.2) is 9.37 Å². The number of aromatic nitrogens is 1. The quantitative estimate of drug-likeness (QED) is 0.655. The van der Waals surface area contributed by atoms with E-state index in [4.69, 9.17) is 0 Å². The van der Waals surface area contributed by atoms with Gasteiger partial charge in [-0.15, -0.1) is 0 Å². The van der Waals surface area contributed by atoms with Crippen molar-refractivity contribution in [2.75, 3.05) is 16.8 Å². The lowest BCUT2D eigenvalue weighted by atomic mass is 9.92. The van der Waals surface area contributed by atoms with Gasteiger partial charge in [-0.3, -0.25) is 4.79 Å². The van der Waals surface area contributed by atoms with E-state index in [2.05, 4.69) is 10.3 Å². The number of carbonyl (C=O) groups is 1. The highest BCUT2D eigenvalue weighted by atomic mass is 19.4. The van der Waals surface area contributed by atoms with Gasteiger partial charge in [-0.05, 0) is 36.0 Å². The molecular formula is C22H25F4N3O. The van der Waals surface area contributed by atoms with Crippen LogP contribution in [0.15, 0.2) is 30.3 Å². The van der Waals surface area contributed by atoms with Gasteiger partial charge >= 0.3 is 6.18 Å². The second kappa shape index (κ2) is 8.24. The number of hydrogen-bond donors (Lipinski definition) is 1. The molecule has 1 aromatic carbocycles. The Balaban J connectivity index is 1.77. The Morgan fingerprint density at radius 1 is 1.17 bits per heavy atom. The number of hydrogen-bond acceptors (Lipinski definition) is 3. The third kappa shape index (κ3) is 5.49. The normalized spacial score (nSPS) is 14.4. The molecule has 1 aromatic heterocycles. The van der Waals surface area contributed by atoms with Gasteiger partial charge in [0.05, 0.1) is 16.9 Å². The molecule has 0 saturated heterocycles. The number of pyridine rings is 1.